The molecule has 1 N–H and O–H groups in total. The van der Waals surface area contributed by atoms with Crippen LogP contribution in [-0.2, 0) is 9.53 Å². The van der Waals surface area contributed by atoms with Gasteiger partial charge in [0.1, 0.15) is 6.10 Å². The van der Waals surface area contributed by atoms with Crippen LogP contribution in [0.3, 0.4) is 0 Å². The van der Waals surface area contributed by atoms with Gasteiger partial charge in [-0.25, -0.2) is 0 Å². The summed E-state index contributed by atoms with van der Waals surface area (Å²) < 4.78 is 5.75. The van der Waals surface area contributed by atoms with Crippen LogP contribution in [0.1, 0.15) is 71.1 Å². The molecule has 6 fully saturated rings. The first-order chi connectivity index (χ1) is 12.0. The number of aliphatic hydroxyl groups excluding tert-OH is 1. The Labute approximate surface area is 150 Å². The van der Waals surface area contributed by atoms with Crippen molar-refractivity contribution in [3.63, 3.8) is 0 Å². The van der Waals surface area contributed by atoms with Crippen LogP contribution >= 0.6 is 0 Å². The van der Waals surface area contributed by atoms with E-state index in [0.29, 0.717) is 22.5 Å². The Morgan fingerprint density at radius 2 is 1.92 bits per heavy atom. The summed E-state index contributed by atoms with van der Waals surface area (Å²) in [7, 11) is 0. The molecule has 0 aromatic rings. The fourth-order valence-corrected chi connectivity index (χ4v) is 8.99. The van der Waals surface area contributed by atoms with Gasteiger partial charge < -0.3 is 9.84 Å². The fraction of sp³-hybridized carbons (Fsp3) is 0.955. The summed E-state index contributed by atoms with van der Waals surface area (Å²) in [5.41, 5.74) is 0.742. The Morgan fingerprint density at radius 3 is 2.80 bits per heavy atom. The number of ketones is 1. The first-order valence-corrected chi connectivity index (χ1v) is 10.9. The number of rotatable bonds is 0. The fourth-order valence-electron chi connectivity index (χ4n) is 8.99. The number of aliphatic hydroxyl groups is 1. The largest absolute Gasteiger partial charge is 0.393 e. The molecule has 0 radical (unpaired) electrons. The Morgan fingerprint density at radius 1 is 1.04 bits per heavy atom. The van der Waals surface area contributed by atoms with Crippen molar-refractivity contribution in [2.75, 3.05) is 0 Å². The lowest BCUT2D eigenvalue weighted by Gasteiger charge is -2.61. The topological polar surface area (TPSA) is 49.8 Å². The van der Waals surface area contributed by atoms with Crippen LogP contribution in [0.4, 0.5) is 0 Å². The smallest absolute Gasteiger partial charge is 0.167 e. The van der Waals surface area contributed by atoms with E-state index >= 15 is 0 Å². The molecule has 0 aromatic heterocycles. The van der Waals surface area contributed by atoms with Gasteiger partial charge in [-0.3, -0.25) is 4.79 Å². The molecule has 1 heterocycles. The number of Topliss-reactive ketones (excluding diaryl/α,β-unsaturated/α-hetero) is 1. The second-order valence-electron chi connectivity index (χ2n) is 10.7. The SMILES string of the molecule is C[C@]12CC[C@@H](O)C[C@H]1CCC1C3CCC4C(=O)C5OC5C[C@@]43CCC12. The highest BCUT2D eigenvalue weighted by Crippen LogP contribution is 2.70. The Kier molecular flexibility index (Phi) is 3.06. The minimum absolute atomic E-state index is 0.0137. The van der Waals surface area contributed by atoms with E-state index in [-0.39, 0.29) is 18.3 Å². The molecule has 0 bridgehead atoms. The minimum Gasteiger partial charge on any atom is -0.393 e. The first-order valence-electron chi connectivity index (χ1n) is 10.9. The van der Waals surface area contributed by atoms with Gasteiger partial charge in [-0.2, -0.15) is 0 Å². The lowest BCUT2D eigenvalue weighted by molar-refractivity contribution is -0.146. The molecule has 5 saturated carbocycles. The predicted molar refractivity (Wildman–Crippen MR) is 93.8 cm³/mol. The van der Waals surface area contributed by atoms with Gasteiger partial charge in [0.2, 0.25) is 0 Å². The van der Waals surface area contributed by atoms with E-state index in [4.69, 9.17) is 4.74 Å². The van der Waals surface area contributed by atoms with Gasteiger partial charge in [0.15, 0.2) is 5.78 Å². The van der Waals surface area contributed by atoms with E-state index < -0.39 is 0 Å². The van der Waals surface area contributed by atoms with E-state index in [1.807, 2.05) is 0 Å². The zero-order valence-electron chi connectivity index (χ0n) is 15.5. The van der Waals surface area contributed by atoms with E-state index in [0.717, 1.165) is 42.9 Å². The summed E-state index contributed by atoms with van der Waals surface area (Å²) in [6.45, 7) is 2.55. The second kappa shape index (κ2) is 4.90. The van der Waals surface area contributed by atoms with Gasteiger partial charge in [0.05, 0.1) is 12.2 Å². The number of epoxide rings is 1. The molecule has 138 valence electrons. The zero-order chi connectivity index (χ0) is 17.0. The summed E-state index contributed by atoms with van der Waals surface area (Å²) >= 11 is 0. The third-order valence-corrected chi connectivity index (χ3v) is 10.1. The number of hydrogen-bond donors (Lipinski definition) is 1. The predicted octanol–water partition coefficient (Wildman–Crippen LogP) is 3.73. The van der Waals surface area contributed by atoms with E-state index in [1.54, 1.807) is 0 Å². The Bertz CT molecular complexity index is 616. The molecule has 6 unspecified atom stereocenters. The first kappa shape index (κ1) is 15.6. The summed E-state index contributed by atoms with van der Waals surface area (Å²) in [5, 5.41) is 10.2. The molecule has 1 saturated heterocycles. The highest BCUT2D eigenvalue weighted by Gasteiger charge is 2.69. The zero-order valence-corrected chi connectivity index (χ0v) is 15.5. The maximum Gasteiger partial charge on any atom is 0.167 e. The van der Waals surface area contributed by atoms with Crippen LogP contribution in [0, 0.1) is 40.4 Å². The monoisotopic (exact) mass is 344 g/mol. The van der Waals surface area contributed by atoms with Crippen LogP contribution in [-0.4, -0.2) is 29.2 Å². The number of hydrogen-bond acceptors (Lipinski definition) is 3. The number of carbonyl (C=O) groups is 1. The van der Waals surface area contributed by atoms with Crippen LogP contribution in [0.2, 0.25) is 0 Å². The number of carbonyl (C=O) groups excluding carboxylic acids is 1. The lowest BCUT2D eigenvalue weighted by atomic mass is 9.43. The van der Waals surface area contributed by atoms with Crippen LogP contribution in [0.5, 0.6) is 0 Å². The third kappa shape index (κ3) is 1.87. The summed E-state index contributed by atoms with van der Waals surface area (Å²) in [4.78, 5) is 12.8. The molecule has 10 atom stereocenters. The van der Waals surface area contributed by atoms with Crippen LogP contribution in [0.15, 0.2) is 0 Å². The summed E-state index contributed by atoms with van der Waals surface area (Å²) in [6, 6.07) is 0. The molecule has 1 spiro atoms. The van der Waals surface area contributed by atoms with Gasteiger partial charge >= 0.3 is 0 Å². The normalized spacial score (nSPS) is 62.2. The van der Waals surface area contributed by atoms with Crippen molar-refractivity contribution in [1.82, 2.24) is 0 Å². The molecular formula is C22H32O3. The van der Waals surface area contributed by atoms with Gasteiger partial charge in [-0.05, 0) is 98.7 Å². The molecule has 1 aliphatic heterocycles. The summed E-state index contributed by atoms with van der Waals surface area (Å²) in [6.07, 6.45) is 12.3. The lowest BCUT2D eigenvalue weighted by Crippen LogP contribution is -2.56. The van der Waals surface area contributed by atoms with Gasteiger partial charge in [0.25, 0.3) is 0 Å². The number of ether oxygens (including phenoxy) is 1. The molecular weight excluding hydrogens is 312 g/mol. The van der Waals surface area contributed by atoms with E-state index in [1.165, 1.54) is 44.9 Å². The second-order valence-corrected chi connectivity index (χ2v) is 10.7. The quantitative estimate of drug-likeness (QED) is 0.681. The van der Waals surface area contributed by atoms with E-state index in [2.05, 4.69) is 6.92 Å². The van der Waals surface area contributed by atoms with E-state index in [9.17, 15) is 9.90 Å². The molecule has 0 amide bonds. The van der Waals surface area contributed by atoms with Crippen LogP contribution < -0.4 is 0 Å². The molecule has 3 heteroatoms. The standard InChI is InChI=1S/C22H32O3/c1-21-8-6-13(23)10-12(21)2-3-14-15(21)7-9-22-11-18-20(25-18)19(24)17(22)5-4-16(14)22/h12-18,20,23H,2-11H2,1H3/t12-,13-,14?,15?,16?,17?,18?,20?,21+,22-/m1/s1. The highest BCUT2D eigenvalue weighted by molar-refractivity contribution is 5.90. The average molecular weight is 344 g/mol. The van der Waals surface area contributed by atoms with Crippen molar-refractivity contribution >= 4 is 5.78 Å². The summed E-state index contributed by atoms with van der Waals surface area (Å²) in [5.74, 6) is 3.96. The van der Waals surface area contributed by atoms with Crippen molar-refractivity contribution < 1.29 is 14.6 Å². The maximum absolute atomic E-state index is 12.8. The van der Waals surface area contributed by atoms with Gasteiger partial charge in [0, 0.05) is 5.92 Å². The van der Waals surface area contributed by atoms with Crippen LogP contribution in [0.25, 0.3) is 0 Å². The third-order valence-electron chi connectivity index (χ3n) is 10.1. The maximum atomic E-state index is 12.8. The van der Waals surface area contributed by atoms with Gasteiger partial charge in [-0.1, -0.05) is 6.92 Å². The Hall–Kier alpha value is -0.410. The van der Waals surface area contributed by atoms with Crippen molar-refractivity contribution in [2.45, 2.75) is 89.4 Å². The molecule has 3 nitrogen and oxygen atoms in total. The van der Waals surface area contributed by atoms with Gasteiger partial charge in [-0.15, -0.1) is 0 Å². The molecule has 0 aromatic carbocycles. The average Bonchev–Trinajstić information content (AvgIpc) is 3.25. The molecule has 6 rings (SSSR count). The van der Waals surface area contributed by atoms with Crippen molar-refractivity contribution in [1.29, 1.82) is 0 Å². The number of fused-ring (bicyclic) bond motifs is 5. The molecule has 5 aliphatic carbocycles. The van der Waals surface area contributed by atoms with Crippen molar-refractivity contribution in [2.24, 2.45) is 40.4 Å². The Balaban J connectivity index is 1.33. The minimum atomic E-state index is -0.0552. The van der Waals surface area contributed by atoms with Crippen molar-refractivity contribution in [3.05, 3.63) is 0 Å². The molecule has 6 aliphatic rings. The molecule has 25 heavy (non-hydrogen) atoms. The van der Waals surface area contributed by atoms with Crippen molar-refractivity contribution in [3.8, 4) is 0 Å². The highest BCUT2D eigenvalue weighted by atomic mass is 16.6.